The van der Waals surface area contributed by atoms with Gasteiger partial charge in [-0.25, -0.2) is 4.39 Å². The Morgan fingerprint density at radius 3 is 2.42 bits per heavy atom. The second kappa shape index (κ2) is 8.81. The fourth-order valence-corrected chi connectivity index (χ4v) is 2.36. The quantitative estimate of drug-likeness (QED) is 0.761. The van der Waals surface area contributed by atoms with Crippen molar-refractivity contribution in [1.82, 2.24) is 5.32 Å². The molecule has 0 amide bonds. The summed E-state index contributed by atoms with van der Waals surface area (Å²) >= 11 is 0. The molecule has 2 N–H and O–H groups in total. The Balaban J connectivity index is 1.91. The number of nitrogens with one attached hydrogen (secondary N) is 1. The molecule has 2 rings (SSSR count). The lowest BCUT2D eigenvalue weighted by Gasteiger charge is -2.16. The molecule has 0 heterocycles. The molecule has 130 valence electrons. The van der Waals surface area contributed by atoms with Crippen LogP contribution >= 0.6 is 0 Å². The van der Waals surface area contributed by atoms with Crippen LogP contribution in [-0.2, 0) is 13.2 Å². The summed E-state index contributed by atoms with van der Waals surface area (Å²) in [5, 5.41) is 12.5. The summed E-state index contributed by atoms with van der Waals surface area (Å²) in [5.41, 5.74) is 2.44. The van der Waals surface area contributed by atoms with Crippen molar-refractivity contribution in [3.63, 3.8) is 0 Å². The minimum Gasteiger partial charge on any atom is -0.493 e. The first-order valence-electron chi connectivity index (χ1n) is 8.34. The monoisotopic (exact) mass is 331 g/mol. The lowest BCUT2D eigenvalue weighted by atomic mass is 10.1. The Morgan fingerprint density at radius 2 is 1.79 bits per heavy atom. The molecular weight excluding hydrogens is 305 g/mol. The van der Waals surface area contributed by atoms with Crippen LogP contribution in [0.5, 0.6) is 5.75 Å². The third-order valence-electron chi connectivity index (χ3n) is 3.86. The lowest BCUT2D eigenvalue weighted by molar-refractivity contribution is 0.271. The Morgan fingerprint density at radius 1 is 1.08 bits per heavy atom. The molecule has 0 radical (unpaired) electrons. The van der Waals surface area contributed by atoms with E-state index in [0.717, 1.165) is 16.9 Å². The van der Waals surface area contributed by atoms with Gasteiger partial charge in [0.25, 0.3) is 0 Å². The van der Waals surface area contributed by atoms with Crippen molar-refractivity contribution < 1.29 is 14.2 Å². The number of ether oxygens (including phenoxy) is 1. The molecule has 2 aromatic carbocycles. The molecule has 24 heavy (non-hydrogen) atoms. The van der Waals surface area contributed by atoms with Crippen molar-refractivity contribution in [2.45, 2.75) is 40.0 Å². The molecule has 0 spiro atoms. The maximum Gasteiger partial charge on any atom is 0.128 e. The van der Waals surface area contributed by atoms with Crippen LogP contribution in [0.2, 0.25) is 0 Å². The van der Waals surface area contributed by atoms with E-state index in [2.05, 4.69) is 38.2 Å². The minimum absolute atomic E-state index is 0.159. The van der Waals surface area contributed by atoms with Gasteiger partial charge in [-0.2, -0.15) is 0 Å². The number of rotatable bonds is 8. The summed E-state index contributed by atoms with van der Waals surface area (Å²) < 4.78 is 19.1. The smallest absolute Gasteiger partial charge is 0.128 e. The molecule has 1 atom stereocenters. The summed E-state index contributed by atoms with van der Waals surface area (Å²) in [6.45, 7) is 7.37. The molecule has 0 aliphatic heterocycles. The summed E-state index contributed by atoms with van der Waals surface area (Å²) in [5.74, 6) is 1.02. The number of aliphatic hydroxyl groups excluding tert-OH is 1. The number of hydrogen-bond donors (Lipinski definition) is 2. The van der Waals surface area contributed by atoms with Gasteiger partial charge in [0.15, 0.2) is 0 Å². The second-order valence-electron chi connectivity index (χ2n) is 6.46. The summed E-state index contributed by atoms with van der Waals surface area (Å²) in [4.78, 5) is 0. The van der Waals surface area contributed by atoms with Crippen LogP contribution < -0.4 is 10.1 Å². The zero-order valence-electron chi connectivity index (χ0n) is 14.6. The zero-order chi connectivity index (χ0) is 17.5. The Hall–Kier alpha value is -1.91. The topological polar surface area (TPSA) is 41.5 Å². The standard InChI is InChI=1S/C20H26FNO2/c1-14(2)13-24-19-7-5-17(6-8-19)15(3)22-11-16-4-9-20(21)18(10-16)12-23/h4-10,14-15,22-23H,11-13H2,1-3H3. The van der Waals surface area contributed by atoms with E-state index in [4.69, 9.17) is 9.84 Å². The average molecular weight is 331 g/mol. The van der Waals surface area contributed by atoms with Crippen LogP contribution in [0.4, 0.5) is 4.39 Å². The van der Waals surface area contributed by atoms with Crippen LogP contribution in [0, 0.1) is 11.7 Å². The van der Waals surface area contributed by atoms with E-state index in [0.29, 0.717) is 24.6 Å². The van der Waals surface area contributed by atoms with Crippen molar-refractivity contribution in [1.29, 1.82) is 0 Å². The van der Waals surface area contributed by atoms with E-state index in [1.807, 2.05) is 12.1 Å². The van der Waals surface area contributed by atoms with E-state index in [1.165, 1.54) is 6.07 Å². The van der Waals surface area contributed by atoms with Gasteiger partial charge in [-0.1, -0.05) is 32.0 Å². The molecule has 3 nitrogen and oxygen atoms in total. The van der Waals surface area contributed by atoms with Gasteiger partial charge >= 0.3 is 0 Å². The largest absolute Gasteiger partial charge is 0.493 e. The first kappa shape index (κ1) is 18.4. The minimum atomic E-state index is -0.369. The highest BCUT2D eigenvalue weighted by Crippen LogP contribution is 2.19. The van der Waals surface area contributed by atoms with Crippen LogP contribution in [0.1, 0.15) is 43.5 Å². The first-order valence-corrected chi connectivity index (χ1v) is 8.34. The second-order valence-corrected chi connectivity index (χ2v) is 6.46. The molecule has 0 aromatic heterocycles. The molecule has 0 fully saturated rings. The van der Waals surface area contributed by atoms with Crippen molar-refractivity contribution in [2.24, 2.45) is 5.92 Å². The molecule has 4 heteroatoms. The van der Waals surface area contributed by atoms with E-state index >= 15 is 0 Å². The fraction of sp³-hybridized carbons (Fsp3) is 0.400. The van der Waals surface area contributed by atoms with Gasteiger partial charge in [0.2, 0.25) is 0 Å². The van der Waals surface area contributed by atoms with Crippen LogP contribution in [0.25, 0.3) is 0 Å². The van der Waals surface area contributed by atoms with Gasteiger partial charge < -0.3 is 15.2 Å². The predicted octanol–water partition coefficient (Wildman–Crippen LogP) is 4.20. The van der Waals surface area contributed by atoms with Crippen molar-refractivity contribution >= 4 is 0 Å². The van der Waals surface area contributed by atoms with Gasteiger partial charge in [0.1, 0.15) is 11.6 Å². The highest BCUT2D eigenvalue weighted by Gasteiger charge is 2.07. The molecule has 2 aromatic rings. The Bertz CT molecular complexity index is 641. The SMILES string of the molecule is CC(C)COc1ccc(C(C)NCc2ccc(F)c(CO)c2)cc1. The average Bonchev–Trinajstić information content (AvgIpc) is 2.59. The van der Waals surface area contributed by atoms with Crippen LogP contribution in [0.15, 0.2) is 42.5 Å². The number of halogens is 1. The van der Waals surface area contributed by atoms with E-state index in [1.54, 1.807) is 12.1 Å². The van der Waals surface area contributed by atoms with Crippen molar-refractivity contribution in [3.05, 3.63) is 65.0 Å². The molecule has 0 bridgehead atoms. The van der Waals surface area contributed by atoms with Crippen LogP contribution in [-0.4, -0.2) is 11.7 Å². The summed E-state index contributed by atoms with van der Waals surface area (Å²) in [7, 11) is 0. The van der Waals surface area contributed by atoms with Crippen molar-refractivity contribution in [2.75, 3.05) is 6.61 Å². The summed E-state index contributed by atoms with van der Waals surface area (Å²) in [6, 6.07) is 13.1. The highest BCUT2D eigenvalue weighted by atomic mass is 19.1. The molecular formula is C20H26FNO2. The number of aliphatic hydroxyl groups is 1. The molecule has 0 aliphatic rings. The van der Waals surface area contributed by atoms with Gasteiger partial charge in [-0.05, 0) is 48.2 Å². The molecule has 0 saturated carbocycles. The predicted molar refractivity (Wildman–Crippen MR) is 94.4 cm³/mol. The maximum atomic E-state index is 13.4. The Labute approximate surface area is 143 Å². The van der Waals surface area contributed by atoms with E-state index in [9.17, 15) is 4.39 Å². The first-order chi connectivity index (χ1) is 11.5. The van der Waals surface area contributed by atoms with Gasteiger partial charge in [0, 0.05) is 18.2 Å². The fourth-order valence-electron chi connectivity index (χ4n) is 2.36. The Kier molecular flexibility index (Phi) is 6.76. The number of benzene rings is 2. The third kappa shape index (κ3) is 5.32. The van der Waals surface area contributed by atoms with Gasteiger partial charge in [0.05, 0.1) is 13.2 Å². The normalized spacial score (nSPS) is 12.4. The van der Waals surface area contributed by atoms with Gasteiger partial charge in [-0.15, -0.1) is 0 Å². The third-order valence-corrected chi connectivity index (χ3v) is 3.86. The maximum absolute atomic E-state index is 13.4. The van der Waals surface area contributed by atoms with Gasteiger partial charge in [-0.3, -0.25) is 0 Å². The number of hydrogen-bond acceptors (Lipinski definition) is 3. The van der Waals surface area contributed by atoms with Crippen molar-refractivity contribution in [3.8, 4) is 5.75 Å². The zero-order valence-corrected chi connectivity index (χ0v) is 14.6. The highest BCUT2D eigenvalue weighted by molar-refractivity contribution is 5.29. The summed E-state index contributed by atoms with van der Waals surface area (Å²) in [6.07, 6.45) is 0. The molecule has 1 unspecified atom stereocenters. The molecule has 0 saturated heterocycles. The molecule has 0 aliphatic carbocycles. The lowest BCUT2D eigenvalue weighted by Crippen LogP contribution is -2.18. The van der Waals surface area contributed by atoms with E-state index < -0.39 is 0 Å². The van der Waals surface area contributed by atoms with E-state index in [-0.39, 0.29) is 18.5 Å². The van der Waals surface area contributed by atoms with Crippen LogP contribution in [0.3, 0.4) is 0 Å².